The van der Waals surface area contributed by atoms with Gasteiger partial charge in [0, 0.05) is 0 Å². The van der Waals surface area contributed by atoms with Gasteiger partial charge in [-0.05, 0) is 13.8 Å². The van der Waals surface area contributed by atoms with Gasteiger partial charge in [-0.25, -0.2) is 0 Å². The second-order valence-electron chi connectivity index (χ2n) is 2.13. The normalized spacial score (nSPS) is 15.5. The zero-order valence-corrected chi connectivity index (χ0v) is 7.05. The van der Waals surface area contributed by atoms with E-state index in [0.717, 1.165) is 26.4 Å². The van der Waals surface area contributed by atoms with Crippen LogP contribution < -0.4 is 0 Å². The van der Waals surface area contributed by atoms with Crippen molar-refractivity contribution in [3.8, 4) is 0 Å². The number of ether oxygens (including phenoxy) is 2. The van der Waals surface area contributed by atoms with E-state index in [4.69, 9.17) is 9.47 Å². The third kappa shape index (κ3) is 17.7. The summed E-state index contributed by atoms with van der Waals surface area (Å²) in [5.41, 5.74) is 0. The van der Waals surface area contributed by atoms with E-state index in [1.165, 1.54) is 13.8 Å². The zero-order chi connectivity index (χ0) is 7.82. The van der Waals surface area contributed by atoms with Crippen LogP contribution in [0.15, 0.2) is 0 Å². The summed E-state index contributed by atoms with van der Waals surface area (Å²) >= 11 is 0. The molecule has 0 unspecified atom stereocenters. The molecule has 0 amide bonds. The molecule has 1 aliphatic heterocycles. The van der Waals surface area contributed by atoms with Crippen LogP contribution in [-0.4, -0.2) is 37.7 Å². The van der Waals surface area contributed by atoms with Crippen molar-refractivity contribution in [2.24, 2.45) is 0 Å². The average molecular weight is 164 g/mol. The second-order valence-corrected chi connectivity index (χ2v) is 2.13. The van der Waals surface area contributed by atoms with E-state index in [1.54, 1.807) is 0 Å². The lowest BCUT2D eigenvalue weighted by molar-refractivity contribution is -0.114. The minimum atomic E-state index is 0. The van der Waals surface area contributed by atoms with Gasteiger partial charge in [-0.1, -0.05) is 0 Å². The van der Waals surface area contributed by atoms with Crippen molar-refractivity contribution in [1.82, 2.24) is 0 Å². The number of rotatable bonds is 0. The van der Waals surface area contributed by atoms with Crippen LogP contribution in [0.1, 0.15) is 13.8 Å². The fourth-order valence-electron chi connectivity index (χ4n) is 0.440. The maximum atomic E-state index is 9.44. The van der Waals surface area contributed by atoms with Crippen LogP contribution in [0.3, 0.4) is 0 Å². The molecule has 0 bridgehead atoms. The van der Waals surface area contributed by atoms with Gasteiger partial charge < -0.3 is 19.7 Å². The Kier molecular flexibility index (Phi) is 11.4. The highest BCUT2D eigenvalue weighted by atomic mass is 16.6. The maximum absolute atomic E-state index is 9.44. The van der Waals surface area contributed by atoms with Crippen LogP contribution in [-0.2, 0) is 14.3 Å². The molecule has 11 heavy (non-hydrogen) atoms. The van der Waals surface area contributed by atoms with Crippen molar-refractivity contribution in [3.05, 3.63) is 0 Å². The first-order valence-electron chi connectivity index (χ1n) is 3.36. The minimum Gasteiger partial charge on any atom is -0.412 e. The van der Waals surface area contributed by atoms with E-state index in [-0.39, 0.29) is 11.3 Å². The number of carbonyl (C=O) groups excluding carboxylic acids is 1. The number of Topliss-reactive ketones (excluding diaryl/α,β-unsaturated/α-hetero) is 1. The Morgan fingerprint density at radius 3 is 1.27 bits per heavy atom. The van der Waals surface area contributed by atoms with Crippen LogP contribution in [0.25, 0.3) is 0 Å². The smallest absolute Gasteiger partial charge is 0.126 e. The van der Waals surface area contributed by atoms with Gasteiger partial charge in [0.1, 0.15) is 5.78 Å². The highest BCUT2D eigenvalue weighted by Crippen LogP contribution is 1.85. The summed E-state index contributed by atoms with van der Waals surface area (Å²) in [6, 6.07) is 0. The number of hydrogen-bond donors (Lipinski definition) is 0. The van der Waals surface area contributed by atoms with Crippen LogP contribution in [0.4, 0.5) is 0 Å². The molecule has 1 fully saturated rings. The third-order valence-corrected chi connectivity index (χ3v) is 0.744. The van der Waals surface area contributed by atoms with E-state index in [1.807, 2.05) is 0 Å². The molecule has 0 aromatic rings. The second kappa shape index (κ2) is 9.55. The lowest BCUT2D eigenvalue weighted by Gasteiger charge is -2.09. The standard InChI is InChI=1S/C4H8O2.C3H6O.H2O/c1-2-6-4-3-5-1;1-3(2)4;/h1-4H2;1-2H3;1H2. The van der Waals surface area contributed by atoms with E-state index in [0.29, 0.717) is 0 Å². The predicted molar refractivity (Wildman–Crippen MR) is 41.6 cm³/mol. The molecule has 1 rings (SSSR count). The van der Waals surface area contributed by atoms with Crippen molar-refractivity contribution in [1.29, 1.82) is 0 Å². The molecule has 0 aromatic heterocycles. The fourth-order valence-corrected chi connectivity index (χ4v) is 0.440. The Morgan fingerprint density at radius 2 is 1.18 bits per heavy atom. The van der Waals surface area contributed by atoms with Crippen molar-refractivity contribution in [3.63, 3.8) is 0 Å². The first-order valence-corrected chi connectivity index (χ1v) is 3.36. The molecular formula is C7H16O4. The highest BCUT2D eigenvalue weighted by Gasteiger charge is 1.94. The topological polar surface area (TPSA) is 67.0 Å². The van der Waals surface area contributed by atoms with Crippen molar-refractivity contribution < 1.29 is 19.7 Å². The fraction of sp³-hybridized carbons (Fsp3) is 0.857. The van der Waals surface area contributed by atoms with Gasteiger partial charge in [0.05, 0.1) is 26.4 Å². The average Bonchev–Trinajstić information content (AvgIpc) is 1.90. The summed E-state index contributed by atoms with van der Waals surface area (Å²) in [7, 11) is 0. The quantitative estimate of drug-likeness (QED) is 0.498. The summed E-state index contributed by atoms with van der Waals surface area (Å²) in [4.78, 5) is 9.44. The molecule has 4 heteroatoms. The van der Waals surface area contributed by atoms with E-state index in [2.05, 4.69) is 0 Å². The van der Waals surface area contributed by atoms with Crippen LogP contribution in [0.5, 0.6) is 0 Å². The molecule has 68 valence electrons. The lowest BCUT2D eigenvalue weighted by Crippen LogP contribution is -2.16. The zero-order valence-electron chi connectivity index (χ0n) is 7.05. The minimum absolute atomic E-state index is 0. The largest absolute Gasteiger partial charge is 0.412 e. The van der Waals surface area contributed by atoms with Crippen LogP contribution in [0, 0.1) is 0 Å². The first-order chi connectivity index (χ1) is 4.73. The van der Waals surface area contributed by atoms with Gasteiger partial charge in [-0.3, -0.25) is 0 Å². The molecule has 0 radical (unpaired) electrons. The molecule has 0 spiro atoms. The molecule has 0 aromatic carbocycles. The summed E-state index contributed by atoms with van der Waals surface area (Å²) in [5.74, 6) is 0.167. The van der Waals surface area contributed by atoms with Crippen molar-refractivity contribution >= 4 is 5.78 Å². The van der Waals surface area contributed by atoms with Gasteiger partial charge in [0.2, 0.25) is 0 Å². The number of hydrogen-bond acceptors (Lipinski definition) is 3. The predicted octanol–water partition coefficient (Wildman–Crippen LogP) is -0.196. The summed E-state index contributed by atoms with van der Waals surface area (Å²) in [5, 5.41) is 0. The van der Waals surface area contributed by atoms with Gasteiger partial charge in [-0.2, -0.15) is 0 Å². The Hall–Kier alpha value is -0.450. The third-order valence-electron chi connectivity index (χ3n) is 0.744. The van der Waals surface area contributed by atoms with Crippen molar-refractivity contribution in [2.45, 2.75) is 13.8 Å². The van der Waals surface area contributed by atoms with Crippen LogP contribution in [0.2, 0.25) is 0 Å². The molecule has 0 saturated carbocycles. The van der Waals surface area contributed by atoms with Gasteiger partial charge >= 0.3 is 0 Å². The number of carbonyl (C=O) groups is 1. The summed E-state index contributed by atoms with van der Waals surface area (Å²) in [6.07, 6.45) is 0. The van der Waals surface area contributed by atoms with E-state index < -0.39 is 0 Å². The molecule has 4 nitrogen and oxygen atoms in total. The highest BCUT2D eigenvalue weighted by molar-refractivity contribution is 5.72. The molecule has 0 aliphatic carbocycles. The molecule has 0 atom stereocenters. The molecule has 2 N–H and O–H groups in total. The first kappa shape index (κ1) is 13.2. The van der Waals surface area contributed by atoms with Gasteiger partial charge in [0.15, 0.2) is 0 Å². The Balaban J connectivity index is 0. The van der Waals surface area contributed by atoms with Crippen molar-refractivity contribution in [2.75, 3.05) is 26.4 Å². The van der Waals surface area contributed by atoms with E-state index >= 15 is 0 Å². The molecular weight excluding hydrogens is 148 g/mol. The van der Waals surface area contributed by atoms with E-state index in [9.17, 15) is 4.79 Å². The monoisotopic (exact) mass is 164 g/mol. The van der Waals surface area contributed by atoms with Gasteiger partial charge in [0.25, 0.3) is 0 Å². The molecule has 1 saturated heterocycles. The molecule has 1 heterocycles. The number of ketones is 1. The Labute approximate surface area is 66.8 Å². The summed E-state index contributed by atoms with van der Waals surface area (Å²) < 4.78 is 9.89. The Bertz CT molecular complexity index is 72.9. The lowest BCUT2D eigenvalue weighted by atomic mass is 10.6. The molecule has 1 aliphatic rings. The van der Waals surface area contributed by atoms with Gasteiger partial charge in [-0.15, -0.1) is 0 Å². The van der Waals surface area contributed by atoms with Crippen LogP contribution >= 0.6 is 0 Å². The maximum Gasteiger partial charge on any atom is 0.126 e. The SMILES string of the molecule is C1COCCO1.CC(C)=O.O. The summed E-state index contributed by atoms with van der Waals surface area (Å²) in [6.45, 7) is 6.17. The Morgan fingerprint density at radius 1 is 1.00 bits per heavy atom.